The van der Waals surface area contributed by atoms with Crippen LogP contribution < -0.4 is 19.5 Å². The van der Waals surface area contributed by atoms with Crippen molar-refractivity contribution in [3.05, 3.63) is 42.1 Å². The molecule has 0 radical (unpaired) electrons. The van der Waals surface area contributed by atoms with Crippen molar-refractivity contribution in [3.63, 3.8) is 0 Å². The van der Waals surface area contributed by atoms with Crippen LogP contribution in [0.1, 0.15) is 5.69 Å². The molecule has 0 spiro atoms. The van der Waals surface area contributed by atoms with Crippen LogP contribution in [0.4, 0.5) is 0 Å². The summed E-state index contributed by atoms with van der Waals surface area (Å²) < 4.78 is 18.7. The lowest BCUT2D eigenvalue weighted by Gasteiger charge is -2.19. The van der Waals surface area contributed by atoms with E-state index in [4.69, 9.17) is 14.2 Å². The lowest BCUT2D eigenvalue weighted by atomic mass is 10.0. The SMILES string of the molecule is COc1ccc(-c2c3n(c4cc(OC)c(OC)cc24)CCNC3)cc1.Cl. The number of benzene rings is 2. The standard InChI is InChI=1S/C20H22N2O3.ClH/c1-23-14-6-4-13(5-7-14)20-15-10-18(24-2)19(25-3)11-16(15)22-9-8-21-12-17(20)22;/h4-7,10-11,21H,8-9,12H2,1-3H3;1H. The fraction of sp³-hybridized carbons (Fsp3) is 0.300. The maximum Gasteiger partial charge on any atom is 0.162 e. The molecule has 1 aliphatic heterocycles. The van der Waals surface area contributed by atoms with E-state index in [-0.39, 0.29) is 12.4 Å². The van der Waals surface area contributed by atoms with Gasteiger partial charge in [0.15, 0.2) is 11.5 Å². The minimum Gasteiger partial charge on any atom is -0.497 e. The van der Waals surface area contributed by atoms with E-state index < -0.39 is 0 Å². The van der Waals surface area contributed by atoms with Crippen LogP contribution in [0.15, 0.2) is 36.4 Å². The quantitative estimate of drug-likeness (QED) is 0.753. The fourth-order valence-electron chi connectivity index (χ4n) is 3.64. The molecule has 0 fully saturated rings. The number of nitrogens with one attached hydrogen (secondary N) is 1. The molecule has 0 aliphatic carbocycles. The third-order valence-electron chi connectivity index (χ3n) is 4.86. The molecule has 6 heteroatoms. The van der Waals surface area contributed by atoms with Crippen LogP contribution in [0, 0.1) is 0 Å². The van der Waals surface area contributed by atoms with Crippen LogP contribution in [-0.4, -0.2) is 32.4 Å². The highest BCUT2D eigenvalue weighted by Crippen LogP contribution is 2.41. The van der Waals surface area contributed by atoms with Crippen molar-refractivity contribution in [1.82, 2.24) is 9.88 Å². The van der Waals surface area contributed by atoms with Crippen LogP contribution in [0.25, 0.3) is 22.0 Å². The monoisotopic (exact) mass is 374 g/mol. The third kappa shape index (κ3) is 2.87. The number of aromatic nitrogens is 1. The molecular formula is C20H23ClN2O3. The molecule has 26 heavy (non-hydrogen) atoms. The summed E-state index contributed by atoms with van der Waals surface area (Å²) in [5.41, 5.74) is 4.89. The van der Waals surface area contributed by atoms with Gasteiger partial charge in [-0.3, -0.25) is 0 Å². The van der Waals surface area contributed by atoms with Crippen molar-refractivity contribution >= 4 is 23.3 Å². The first-order valence-electron chi connectivity index (χ1n) is 8.39. The van der Waals surface area contributed by atoms with Crippen molar-refractivity contribution in [2.75, 3.05) is 27.9 Å². The Hall–Kier alpha value is -2.37. The van der Waals surface area contributed by atoms with Crippen molar-refractivity contribution in [2.45, 2.75) is 13.1 Å². The molecule has 0 saturated carbocycles. The van der Waals surface area contributed by atoms with Gasteiger partial charge in [0.1, 0.15) is 5.75 Å². The maximum absolute atomic E-state index is 5.53. The summed E-state index contributed by atoms with van der Waals surface area (Å²) in [6.45, 7) is 2.76. The molecular weight excluding hydrogens is 352 g/mol. The average molecular weight is 375 g/mol. The van der Waals surface area contributed by atoms with Gasteiger partial charge >= 0.3 is 0 Å². The molecule has 0 unspecified atom stereocenters. The first kappa shape index (κ1) is 18.4. The Balaban J connectivity index is 0.00000196. The molecule has 5 nitrogen and oxygen atoms in total. The number of ether oxygens (including phenoxy) is 3. The molecule has 1 aromatic heterocycles. The van der Waals surface area contributed by atoms with Crippen molar-refractivity contribution in [2.24, 2.45) is 0 Å². The van der Waals surface area contributed by atoms with Crippen LogP contribution >= 0.6 is 12.4 Å². The molecule has 138 valence electrons. The van der Waals surface area contributed by atoms with Crippen molar-refractivity contribution in [3.8, 4) is 28.4 Å². The van der Waals surface area contributed by atoms with Crippen LogP contribution in [0.3, 0.4) is 0 Å². The van der Waals surface area contributed by atoms with E-state index in [1.807, 2.05) is 12.1 Å². The molecule has 3 aromatic rings. The van der Waals surface area contributed by atoms with Gasteiger partial charge < -0.3 is 24.1 Å². The number of fused-ring (bicyclic) bond motifs is 3. The Kier molecular flexibility index (Phi) is 5.30. The molecule has 0 atom stereocenters. The number of methoxy groups -OCH3 is 3. The van der Waals surface area contributed by atoms with E-state index in [2.05, 4.69) is 34.1 Å². The first-order valence-corrected chi connectivity index (χ1v) is 8.39. The molecule has 0 amide bonds. The van der Waals surface area contributed by atoms with E-state index in [1.165, 1.54) is 27.7 Å². The smallest absolute Gasteiger partial charge is 0.162 e. The van der Waals surface area contributed by atoms with Gasteiger partial charge in [0.05, 0.1) is 26.8 Å². The minimum absolute atomic E-state index is 0. The van der Waals surface area contributed by atoms with Crippen LogP contribution in [0.5, 0.6) is 17.2 Å². The molecule has 1 aliphatic rings. The molecule has 4 rings (SSSR count). The fourth-order valence-corrected chi connectivity index (χ4v) is 3.64. The highest BCUT2D eigenvalue weighted by atomic mass is 35.5. The summed E-state index contributed by atoms with van der Waals surface area (Å²) in [4.78, 5) is 0. The van der Waals surface area contributed by atoms with Gasteiger partial charge in [-0.25, -0.2) is 0 Å². The Bertz CT molecular complexity index is 919. The zero-order valence-electron chi connectivity index (χ0n) is 15.2. The minimum atomic E-state index is 0. The average Bonchev–Trinajstić information content (AvgIpc) is 3.00. The zero-order chi connectivity index (χ0) is 17.4. The van der Waals surface area contributed by atoms with E-state index in [9.17, 15) is 0 Å². The zero-order valence-corrected chi connectivity index (χ0v) is 16.0. The Morgan fingerprint density at radius 3 is 2.27 bits per heavy atom. The second-order valence-electron chi connectivity index (χ2n) is 6.10. The second kappa shape index (κ2) is 7.48. The number of rotatable bonds is 4. The third-order valence-corrected chi connectivity index (χ3v) is 4.86. The number of halogens is 1. The van der Waals surface area contributed by atoms with Gasteiger partial charge in [0.25, 0.3) is 0 Å². The number of hydrogen-bond acceptors (Lipinski definition) is 4. The van der Waals surface area contributed by atoms with Crippen molar-refractivity contribution in [1.29, 1.82) is 0 Å². The van der Waals surface area contributed by atoms with E-state index in [1.54, 1.807) is 21.3 Å². The molecule has 1 N–H and O–H groups in total. The summed E-state index contributed by atoms with van der Waals surface area (Å²) in [5.74, 6) is 2.37. The van der Waals surface area contributed by atoms with Crippen molar-refractivity contribution < 1.29 is 14.2 Å². The predicted octanol–water partition coefficient (Wildman–Crippen LogP) is 3.86. The lowest BCUT2D eigenvalue weighted by Crippen LogP contribution is -2.27. The van der Waals surface area contributed by atoms with Gasteiger partial charge in [0.2, 0.25) is 0 Å². The normalized spacial score (nSPS) is 13.0. The van der Waals surface area contributed by atoms with Gasteiger partial charge in [-0.2, -0.15) is 0 Å². The molecule has 2 aromatic carbocycles. The summed E-state index contributed by atoms with van der Waals surface area (Å²) in [7, 11) is 5.04. The second-order valence-corrected chi connectivity index (χ2v) is 6.10. The summed E-state index contributed by atoms with van der Waals surface area (Å²) in [6.07, 6.45) is 0. The van der Waals surface area contributed by atoms with Crippen LogP contribution in [0.2, 0.25) is 0 Å². The van der Waals surface area contributed by atoms with Crippen LogP contribution in [-0.2, 0) is 13.1 Å². The molecule has 0 bridgehead atoms. The molecule has 2 heterocycles. The Labute approximate surface area is 159 Å². The predicted molar refractivity (Wildman–Crippen MR) is 106 cm³/mol. The lowest BCUT2D eigenvalue weighted by molar-refractivity contribution is 0.355. The van der Waals surface area contributed by atoms with Gasteiger partial charge in [-0.15, -0.1) is 12.4 Å². The number of nitrogens with zero attached hydrogens (tertiary/aromatic N) is 1. The van der Waals surface area contributed by atoms with E-state index in [0.717, 1.165) is 36.9 Å². The topological polar surface area (TPSA) is 44.7 Å². The Morgan fingerprint density at radius 2 is 1.62 bits per heavy atom. The van der Waals surface area contributed by atoms with E-state index >= 15 is 0 Å². The first-order chi connectivity index (χ1) is 12.3. The van der Waals surface area contributed by atoms with Gasteiger partial charge in [0, 0.05) is 42.3 Å². The highest BCUT2D eigenvalue weighted by Gasteiger charge is 2.22. The highest BCUT2D eigenvalue weighted by molar-refractivity contribution is 6.00. The van der Waals surface area contributed by atoms with E-state index in [0.29, 0.717) is 0 Å². The largest absolute Gasteiger partial charge is 0.497 e. The summed E-state index contributed by atoms with van der Waals surface area (Å²) >= 11 is 0. The number of hydrogen-bond donors (Lipinski definition) is 1. The summed E-state index contributed by atoms with van der Waals surface area (Å²) in [5, 5.41) is 4.67. The maximum atomic E-state index is 5.53. The Morgan fingerprint density at radius 1 is 0.923 bits per heavy atom. The summed E-state index contributed by atoms with van der Waals surface area (Å²) in [6, 6.07) is 12.4. The van der Waals surface area contributed by atoms with Gasteiger partial charge in [-0.05, 0) is 23.8 Å². The molecule has 0 saturated heterocycles. The van der Waals surface area contributed by atoms with Gasteiger partial charge in [-0.1, -0.05) is 12.1 Å².